The maximum absolute atomic E-state index is 12.1. The van der Waals surface area contributed by atoms with Crippen LogP contribution in [0.1, 0.15) is 16.7 Å². The summed E-state index contributed by atoms with van der Waals surface area (Å²) in [5.74, 6) is 0.665. The van der Waals surface area contributed by atoms with Gasteiger partial charge in [0.05, 0.1) is 18.5 Å². The van der Waals surface area contributed by atoms with E-state index in [9.17, 15) is 13.2 Å². The largest absolute Gasteiger partial charge is 0.411 e. The number of ether oxygens (including phenoxy) is 1. The quantitative estimate of drug-likeness (QED) is 0.388. The van der Waals surface area contributed by atoms with Crippen LogP contribution in [-0.4, -0.2) is 42.1 Å². The van der Waals surface area contributed by atoms with Crippen LogP contribution in [0.5, 0.6) is 0 Å². The first kappa shape index (κ1) is 23.3. The third-order valence-electron chi connectivity index (χ3n) is 4.60. The first-order valence-corrected chi connectivity index (χ1v) is 10.2. The van der Waals surface area contributed by atoms with Crippen molar-refractivity contribution in [3.8, 4) is 5.69 Å². The number of nitrogens with one attached hydrogen (secondary N) is 2. The minimum Gasteiger partial charge on any atom is -0.367 e. The van der Waals surface area contributed by atoms with Gasteiger partial charge in [0.2, 0.25) is 0 Å². The average Bonchev–Trinajstić information content (AvgIpc) is 3.26. The Balaban J connectivity index is 1.39. The smallest absolute Gasteiger partial charge is 0.367 e. The molecule has 0 atom stereocenters. The maximum atomic E-state index is 12.1. The second-order valence-corrected chi connectivity index (χ2v) is 7.16. The average molecular weight is 445 g/mol. The van der Waals surface area contributed by atoms with Crippen LogP contribution in [0.3, 0.4) is 0 Å². The van der Waals surface area contributed by atoms with E-state index < -0.39 is 12.8 Å². The van der Waals surface area contributed by atoms with Crippen LogP contribution in [0.25, 0.3) is 5.69 Å². The zero-order valence-corrected chi connectivity index (χ0v) is 17.8. The highest BCUT2D eigenvalue weighted by Gasteiger charge is 2.27. The van der Waals surface area contributed by atoms with Crippen molar-refractivity contribution in [1.29, 1.82) is 0 Å². The minimum absolute atomic E-state index is 0.0721. The molecule has 0 unspecified atom stereocenters. The molecular formula is C23H26F3N5O. The second kappa shape index (κ2) is 11.3. The Bertz CT molecular complexity index is 985. The third-order valence-corrected chi connectivity index (χ3v) is 4.60. The molecule has 3 aromatic rings. The Morgan fingerprint density at radius 3 is 2.41 bits per heavy atom. The lowest BCUT2D eigenvalue weighted by atomic mass is 10.1. The minimum atomic E-state index is -4.31. The van der Waals surface area contributed by atoms with Crippen LogP contribution in [-0.2, 0) is 24.3 Å². The molecule has 170 valence electrons. The van der Waals surface area contributed by atoms with Crippen molar-refractivity contribution in [3.63, 3.8) is 0 Å². The van der Waals surface area contributed by atoms with E-state index in [1.807, 2.05) is 59.5 Å². The lowest BCUT2D eigenvalue weighted by Gasteiger charge is -2.12. The monoisotopic (exact) mass is 445 g/mol. The van der Waals surface area contributed by atoms with E-state index in [0.29, 0.717) is 24.6 Å². The van der Waals surface area contributed by atoms with Gasteiger partial charge in [-0.3, -0.25) is 4.99 Å². The summed E-state index contributed by atoms with van der Waals surface area (Å²) in [6, 6.07) is 17.1. The highest BCUT2D eigenvalue weighted by Crippen LogP contribution is 2.16. The number of hydrogen-bond donors (Lipinski definition) is 2. The molecule has 0 amide bonds. The van der Waals surface area contributed by atoms with E-state index in [-0.39, 0.29) is 6.61 Å². The molecule has 0 radical (unpaired) electrons. The number of aromatic nitrogens is 2. The summed E-state index contributed by atoms with van der Waals surface area (Å²) in [6.45, 7) is -0.0897. The van der Waals surface area contributed by atoms with Gasteiger partial charge in [-0.15, -0.1) is 0 Å². The summed E-state index contributed by atoms with van der Waals surface area (Å²) in [7, 11) is 1.70. The van der Waals surface area contributed by atoms with Gasteiger partial charge in [0.1, 0.15) is 6.61 Å². The summed E-state index contributed by atoms with van der Waals surface area (Å²) in [5, 5.41) is 10.9. The SMILES string of the molecule is CN=C(NCCc1cnn(-c2ccccc2)c1)NCc1ccc(COCC(F)(F)F)cc1. The van der Waals surface area contributed by atoms with Crippen LogP contribution in [0.15, 0.2) is 72.0 Å². The molecule has 1 aromatic heterocycles. The van der Waals surface area contributed by atoms with Crippen molar-refractivity contribution in [2.45, 2.75) is 25.7 Å². The van der Waals surface area contributed by atoms with Gasteiger partial charge in [-0.2, -0.15) is 18.3 Å². The van der Waals surface area contributed by atoms with Gasteiger partial charge in [0, 0.05) is 26.3 Å². The van der Waals surface area contributed by atoms with E-state index in [0.717, 1.165) is 23.2 Å². The van der Waals surface area contributed by atoms with Gasteiger partial charge in [-0.25, -0.2) is 4.68 Å². The number of aliphatic imine (C=N–C) groups is 1. The molecule has 0 spiro atoms. The molecule has 0 aliphatic carbocycles. The van der Waals surface area contributed by atoms with Gasteiger partial charge >= 0.3 is 6.18 Å². The highest BCUT2D eigenvalue weighted by molar-refractivity contribution is 5.79. The fourth-order valence-corrected chi connectivity index (χ4v) is 2.98. The number of rotatable bonds is 9. The first-order valence-electron chi connectivity index (χ1n) is 10.2. The molecule has 0 saturated heterocycles. The summed E-state index contributed by atoms with van der Waals surface area (Å²) in [6.07, 6.45) is 0.341. The predicted octanol–water partition coefficient (Wildman–Crippen LogP) is 3.86. The topological polar surface area (TPSA) is 63.5 Å². The second-order valence-electron chi connectivity index (χ2n) is 7.16. The number of nitrogens with zero attached hydrogens (tertiary/aromatic N) is 3. The Hall–Kier alpha value is -3.33. The summed E-state index contributed by atoms with van der Waals surface area (Å²) < 4.78 is 42.9. The van der Waals surface area contributed by atoms with Gasteiger partial charge in [0.15, 0.2) is 5.96 Å². The van der Waals surface area contributed by atoms with Crippen molar-refractivity contribution in [2.75, 3.05) is 20.2 Å². The van der Waals surface area contributed by atoms with Gasteiger partial charge in [0.25, 0.3) is 0 Å². The molecule has 0 saturated carbocycles. The normalized spacial score (nSPS) is 12.1. The number of benzene rings is 2. The molecule has 0 bridgehead atoms. The maximum Gasteiger partial charge on any atom is 0.411 e. The third kappa shape index (κ3) is 7.73. The van der Waals surface area contributed by atoms with Crippen molar-refractivity contribution in [1.82, 2.24) is 20.4 Å². The molecule has 1 heterocycles. The Kier molecular flexibility index (Phi) is 8.27. The lowest BCUT2D eigenvalue weighted by molar-refractivity contribution is -0.176. The van der Waals surface area contributed by atoms with E-state index in [1.165, 1.54) is 0 Å². The van der Waals surface area contributed by atoms with Gasteiger partial charge < -0.3 is 15.4 Å². The van der Waals surface area contributed by atoms with Crippen molar-refractivity contribution >= 4 is 5.96 Å². The summed E-state index contributed by atoms with van der Waals surface area (Å²) >= 11 is 0. The molecule has 0 fully saturated rings. The van der Waals surface area contributed by atoms with Crippen LogP contribution in [0, 0.1) is 0 Å². The Morgan fingerprint density at radius 1 is 1.00 bits per heavy atom. The highest BCUT2D eigenvalue weighted by atomic mass is 19.4. The van der Waals surface area contributed by atoms with Crippen LogP contribution < -0.4 is 10.6 Å². The summed E-state index contributed by atoms with van der Waals surface area (Å²) in [5.41, 5.74) is 3.80. The van der Waals surface area contributed by atoms with E-state index in [1.54, 1.807) is 19.2 Å². The molecule has 3 rings (SSSR count). The first-order chi connectivity index (χ1) is 15.4. The van der Waals surface area contributed by atoms with E-state index in [2.05, 4.69) is 25.5 Å². The van der Waals surface area contributed by atoms with Crippen molar-refractivity contribution in [3.05, 3.63) is 83.7 Å². The molecule has 0 aliphatic rings. The molecule has 6 nitrogen and oxygen atoms in total. The standard InChI is InChI=1S/C23H26F3N5O/c1-27-22(28-12-11-20-14-30-31(15-20)21-5-3-2-4-6-21)29-13-18-7-9-19(10-8-18)16-32-17-23(24,25)26/h2-10,14-15H,11-13,16-17H2,1H3,(H2,27,28,29). The fraction of sp³-hybridized carbons (Fsp3) is 0.304. The molecule has 9 heteroatoms. The summed E-state index contributed by atoms with van der Waals surface area (Å²) in [4.78, 5) is 4.22. The molecule has 32 heavy (non-hydrogen) atoms. The number of alkyl halides is 3. The molecular weight excluding hydrogens is 419 g/mol. The zero-order valence-electron chi connectivity index (χ0n) is 17.8. The number of hydrogen-bond acceptors (Lipinski definition) is 3. The zero-order chi connectivity index (χ0) is 22.8. The predicted molar refractivity (Wildman–Crippen MR) is 118 cm³/mol. The van der Waals surface area contributed by atoms with Gasteiger partial charge in [-0.1, -0.05) is 42.5 Å². The van der Waals surface area contributed by atoms with Crippen molar-refractivity contribution < 1.29 is 17.9 Å². The number of para-hydroxylation sites is 1. The van der Waals surface area contributed by atoms with Crippen LogP contribution in [0.4, 0.5) is 13.2 Å². The van der Waals surface area contributed by atoms with E-state index in [4.69, 9.17) is 0 Å². The fourth-order valence-electron chi connectivity index (χ4n) is 2.98. The molecule has 0 aliphatic heterocycles. The van der Waals surface area contributed by atoms with E-state index >= 15 is 0 Å². The molecule has 2 aromatic carbocycles. The molecule has 2 N–H and O–H groups in total. The Labute approximate surface area is 185 Å². The van der Waals surface area contributed by atoms with Crippen LogP contribution >= 0.6 is 0 Å². The number of guanidine groups is 1. The van der Waals surface area contributed by atoms with Gasteiger partial charge in [-0.05, 0) is 35.2 Å². The van der Waals surface area contributed by atoms with Crippen LogP contribution in [0.2, 0.25) is 0 Å². The lowest BCUT2D eigenvalue weighted by Crippen LogP contribution is -2.37. The Morgan fingerprint density at radius 2 is 1.72 bits per heavy atom. The van der Waals surface area contributed by atoms with Crippen molar-refractivity contribution in [2.24, 2.45) is 4.99 Å². The number of halogens is 3.